The van der Waals surface area contributed by atoms with Crippen molar-refractivity contribution in [1.29, 1.82) is 0 Å². The second kappa shape index (κ2) is 6.12. The monoisotopic (exact) mass is 310 g/mol. The normalized spacial score (nSPS) is 25.6. The SMILES string of the molecule is CCC(=O)C1C(C=O)C=C(c2c(C)nn(C)c2Cl)CC1O. The van der Waals surface area contributed by atoms with E-state index in [0.29, 0.717) is 18.0 Å². The molecule has 0 aromatic carbocycles. The Morgan fingerprint density at radius 3 is 2.76 bits per heavy atom. The standard InChI is InChI=1S/C15H19ClN2O3/c1-4-11(20)14-10(7-19)5-9(6-12(14)21)13-8(2)17-18(3)15(13)16/h5,7,10,12,14,21H,4,6H2,1-3H3. The zero-order valence-corrected chi connectivity index (χ0v) is 13.1. The summed E-state index contributed by atoms with van der Waals surface area (Å²) in [6.07, 6.45) is 2.20. The van der Waals surface area contributed by atoms with Gasteiger partial charge in [0, 0.05) is 24.9 Å². The molecule has 1 aliphatic rings. The number of nitrogens with zero attached hydrogens (tertiary/aromatic N) is 2. The first kappa shape index (κ1) is 15.9. The number of carbonyl (C=O) groups excluding carboxylic acids is 2. The number of hydrogen-bond acceptors (Lipinski definition) is 4. The first-order chi connectivity index (χ1) is 9.90. The molecule has 1 aliphatic carbocycles. The Balaban J connectivity index is 2.45. The van der Waals surface area contributed by atoms with Gasteiger partial charge in [-0.3, -0.25) is 9.48 Å². The van der Waals surface area contributed by atoms with Gasteiger partial charge in [-0.05, 0) is 18.9 Å². The number of rotatable bonds is 4. The van der Waals surface area contributed by atoms with E-state index in [2.05, 4.69) is 5.10 Å². The highest BCUT2D eigenvalue weighted by Crippen LogP contribution is 2.38. The van der Waals surface area contributed by atoms with Crippen LogP contribution in [-0.2, 0) is 16.6 Å². The van der Waals surface area contributed by atoms with Gasteiger partial charge in [-0.25, -0.2) is 0 Å². The molecule has 1 N–H and O–H groups in total. The number of allylic oxidation sites excluding steroid dienone is 1. The largest absolute Gasteiger partial charge is 0.392 e. The fourth-order valence-electron chi connectivity index (χ4n) is 2.98. The van der Waals surface area contributed by atoms with Gasteiger partial charge in [0.25, 0.3) is 0 Å². The minimum atomic E-state index is -0.872. The third-order valence-electron chi connectivity index (χ3n) is 4.00. The topological polar surface area (TPSA) is 72.2 Å². The molecule has 2 rings (SSSR count). The van der Waals surface area contributed by atoms with Crippen molar-refractivity contribution in [3.63, 3.8) is 0 Å². The van der Waals surface area contributed by atoms with Crippen molar-refractivity contribution >= 4 is 29.2 Å². The molecule has 1 aromatic rings. The Hall–Kier alpha value is -1.46. The molecule has 6 heteroatoms. The smallest absolute Gasteiger partial charge is 0.139 e. The van der Waals surface area contributed by atoms with Gasteiger partial charge in [-0.15, -0.1) is 0 Å². The van der Waals surface area contributed by atoms with Crippen molar-refractivity contribution in [2.75, 3.05) is 0 Å². The molecule has 0 saturated heterocycles. The molecule has 114 valence electrons. The van der Waals surface area contributed by atoms with Crippen molar-refractivity contribution in [3.8, 4) is 0 Å². The molecule has 0 amide bonds. The third-order valence-corrected chi connectivity index (χ3v) is 4.44. The summed E-state index contributed by atoms with van der Waals surface area (Å²) in [4.78, 5) is 23.3. The van der Waals surface area contributed by atoms with Crippen LogP contribution in [0.3, 0.4) is 0 Å². The van der Waals surface area contributed by atoms with Crippen LogP contribution < -0.4 is 0 Å². The van der Waals surface area contributed by atoms with Crippen LogP contribution in [0.25, 0.3) is 5.57 Å². The van der Waals surface area contributed by atoms with Crippen molar-refractivity contribution in [3.05, 3.63) is 22.5 Å². The van der Waals surface area contributed by atoms with Crippen LogP contribution >= 0.6 is 11.6 Å². The summed E-state index contributed by atoms with van der Waals surface area (Å²) in [5.74, 6) is -1.37. The van der Waals surface area contributed by atoms with Crippen LogP contribution in [0.5, 0.6) is 0 Å². The highest BCUT2D eigenvalue weighted by atomic mass is 35.5. The lowest BCUT2D eigenvalue weighted by atomic mass is 9.75. The lowest BCUT2D eigenvalue weighted by molar-refractivity contribution is -0.131. The van der Waals surface area contributed by atoms with Gasteiger partial charge in [0.1, 0.15) is 17.2 Å². The Bertz CT molecular complexity index is 606. The van der Waals surface area contributed by atoms with Gasteiger partial charge >= 0.3 is 0 Å². The molecule has 0 fully saturated rings. The van der Waals surface area contributed by atoms with Crippen LogP contribution in [0.1, 0.15) is 31.0 Å². The van der Waals surface area contributed by atoms with Gasteiger partial charge in [0.15, 0.2) is 0 Å². The number of aliphatic hydroxyl groups is 1. The maximum absolute atomic E-state index is 11.9. The zero-order valence-electron chi connectivity index (χ0n) is 12.3. The van der Waals surface area contributed by atoms with Crippen LogP contribution in [0.15, 0.2) is 6.08 Å². The minimum absolute atomic E-state index is 0.0936. The maximum atomic E-state index is 11.9. The summed E-state index contributed by atoms with van der Waals surface area (Å²) in [5.41, 5.74) is 2.26. The number of aryl methyl sites for hydroxylation is 2. The number of aliphatic hydroxyl groups excluding tert-OH is 1. The average molecular weight is 311 g/mol. The summed E-state index contributed by atoms with van der Waals surface area (Å²) in [6.45, 7) is 3.56. The first-order valence-electron chi connectivity index (χ1n) is 6.96. The fraction of sp³-hybridized carbons (Fsp3) is 0.533. The van der Waals surface area contributed by atoms with Gasteiger partial charge in [0.05, 0.1) is 17.7 Å². The molecule has 5 nitrogen and oxygen atoms in total. The summed E-state index contributed by atoms with van der Waals surface area (Å²) >= 11 is 6.23. The summed E-state index contributed by atoms with van der Waals surface area (Å²) in [7, 11) is 1.74. The number of aromatic nitrogens is 2. The highest BCUT2D eigenvalue weighted by molar-refractivity contribution is 6.31. The number of Topliss-reactive ketones (excluding diaryl/α,β-unsaturated/α-hetero) is 1. The Morgan fingerprint density at radius 2 is 2.29 bits per heavy atom. The van der Waals surface area contributed by atoms with Crippen molar-refractivity contribution in [2.45, 2.75) is 32.8 Å². The van der Waals surface area contributed by atoms with Crippen molar-refractivity contribution in [2.24, 2.45) is 18.9 Å². The molecule has 21 heavy (non-hydrogen) atoms. The molecule has 1 heterocycles. The van der Waals surface area contributed by atoms with E-state index in [9.17, 15) is 14.7 Å². The van der Waals surface area contributed by atoms with Gasteiger partial charge in [-0.2, -0.15) is 5.10 Å². The van der Waals surface area contributed by atoms with Gasteiger partial charge < -0.3 is 9.90 Å². The number of hydrogen-bond donors (Lipinski definition) is 1. The average Bonchev–Trinajstić information content (AvgIpc) is 2.70. The van der Waals surface area contributed by atoms with Gasteiger partial charge in [0.2, 0.25) is 0 Å². The lowest BCUT2D eigenvalue weighted by Gasteiger charge is -2.30. The number of halogens is 1. The van der Waals surface area contributed by atoms with E-state index in [1.54, 1.807) is 24.7 Å². The Kier molecular flexibility index (Phi) is 4.64. The molecular weight excluding hydrogens is 292 g/mol. The van der Waals surface area contributed by atoms with Crippen molar-refractivity contribution in [1.82, 2.24) is 9.78 Å². The molecule has 1 aromatic heterocycles. The lowest BCUT2D eigenvalue weighted by Crippen LogP contribution is -2.37. The number of carbonyl (C=O) groups is 2. The van der Waals surface area contributed by atoms with Crippen LogP contribution in [0, 0.1) is 18.8 Å². The second-order valence-electron chi connectivity index (χ2n) is 5.40. The Labute approximate surface area is 128 Å². The zero-order chi connectivity index (χ0) is 15.7. The predicted molar refractivity (Wildman–Crippen MR) is 79.9 cm³/mol. The van der Waals surface area contributed by atoms with Gasteiger partial charge in [-0.1, -0.05) is 24.6 Å². The van der Waals surface area contributed by atoms with E-state index in [0.717, 1.165) is 23.1 Å². The van der Waals surface area contributed by atoms with E-state index >= 15 is 0 Å². The van der Waals surface area contributed by atoms with E-state index in [1.807, 2.05) is 6.92 Å². The molecule has 0 saturated carbocycles. The van der Waals surface area contributed by atoms with Crippen LogP contribution in [0.2, 0.25) is 5.15 Å². The third kappa shape index (κ3) is 2.80. The quantitative estimate of drug-likeness (QED) is 0.863. The number of aldehydes is 1. The van der Waals surface area contributed by atoms with E-state index in [1.165, 1.54) is 0 Å². The summed E-state index contributed by atoms with van der Waals surface area (Å²) < 4.78 is 1.55. The van der Waals surface area contributed by atoms with E-state index < -0.39 is 17.9 Å². The predicted octanol–water partition coefficient (Wildman–Crippen LogP) is 1.94. The van der Waals surface area contributed by atoms with Crippen LogP contribution in [0.4, 0.5) is 0 Å². The summed E-state index contributed by atoms with van der Waals surface area (Å²) in [5, 5.41) is 15.0. The molecule has 0 spiro atoms. The molecule has 0 bridgehead atoms. The molecule has 3 atom stereocenters. The molecule has 3 unspecified atom stereocenters. The fourth-order valence-corrected chi connectivity index (χ4v) is 3.28. The molecular formula is C15H19ClN2O3. The maximum Gasteiger partial charge on any atom is 0.139 e. The van der Waals surface area contributed by atoms with Crippen LogP contribution in [-0.4, -0.2) is 33.1 Å². The minimum Gasteiger partial charge on any atom is -0.392 e. The Morgan fingerprint density at radius 1 is 1.62 bits per heavy atom. The van der Waals surface area contributed by atoms with Crippen molar-refractivity contribution < 1.29 is 14.7 Å². The summed E-state index contributed by atoms with van der Waals surface area (Å²) in [6, 6.07) is 0. The second-order valence-corrected chi connectivity index (χ2v) is 5.76. The molecule has 0 aliphatic heterocycles. The van der Waals surface area contributed by atoms with E-state index in [4.69, 9.17) is 11.6 Å². The number of ketones is 1. The molecule has 0 radical (unpaired) electrons. The first-order valence-corrected chi connectivity index (χ1v) is 7.34. The van der Waals surface area contributed by atoms with E-state index in [-0.39, 0.29) is 5.78 Å². The highest BCUT2D eigenvalue weighted by Gasteiger charge is 2.37.